The number of nitrogens with zero attached hydrogens (tertiary/aromatic N) is 1. The Kier molecular flexibility index (Phi) is 8.09. The molecule has 3 rings (SSSR count). The highest BCUT2D eigenvalue weighted by molar-refractivity contribution is 6.31. The third kappa shape index (κ3) is 5.71. The molecular formula is C26H36ClFN2O3. The average molecular weight is 479 g/mol. The molecule has 2 amide bonds. The fourth-order valence-corrected chi connectivity index (χ4v) is 5.52. The third-order valence-electron chi connectivity index (χ3n) is 7.20. The predicted molar refractivity (Wildman–Crippen MR) is 129 cm³/mol. The lowest BCUT2D eigenvalue weighted by atomic mass is 9.74. The number of nitrogens with one attached hydrogen (secondary N) is 1. The first-order valence-electron chi connectivity index (χ1n) is 12.1. The van der Waals surface area contributed by atoms with Crippen molar-refractivity contribution in [3.63, 3.8) is 0 Å². The van der Waals surface area contributed by atoms with Gasteiger partial charge in [-0.1, -0.05) is 57.3 Å². The quantitative estimate of drug-likeness (QED) is 0.398. The molecule has 0 bridgehead atoms. The Labute approximate surface area is 201 Å². The number of rotatable bonds is 10. The molecule has 1 heterocycles. The van der Waals surface area contributed by atoms with Gasteiger partial charge in [0.25, 0.3) is 0 Å². The van der Waals surface area contributed by atoms with E-state index >= 15 is 0 Å². The van der Waals surface area contributed by atoms with E-state index in [4.69, 9.17) is 16.7 Å². The first-order chi connectivity index (χ1) is 15.6. The molecule has 7 heteroatoms. The molecule has 1 aromatic carbocycles. The standard InChI is InChI=1S/C26H36ClFN2O3/c1-4-26(21(18(2)3)17-30(24(33)29-26)15-7-8-23(31)32)20-10-9-19(22(27)16-20)11-14-25(28)12-5-6-13-25/h9-10,16-18H,4-8,11-15H2,1-3H3,(H,29,33)(H,31,32)/t26-/m0/s1. The van der Waals surface area contributed by atoms with Crippen molar-refractivity contribution in [3.8, 4) is 0 Å². The molecule has 1 aliphatic heterocycles. The number of carboxylic acids is 1. The first kappa shape index (κ1) is 25.5. The summed E-state index contributed by atoms with van der Waals surface area (Å²) < 4.78 is 14.8. The van der Waals surface area contributed by atoms with Crippen LogP contribution in [0.2, 0.25) is 5.02 Å². The average Bonchev–Trinajstić information content (AvgIpc) is 3.20. The zero-order valence-corrected chi connectivity index (χ0v) is 20.7. The van der Waals surface area contributed by atoms with Crippen molar-refractivity contribution in [1.82, 2.24) is 10.2 Å². The van der Waals surface area contributed by atoms with Crippen molar-refractivity contribution in [2.45, 2.75) is 89.8 Å². The Hall–Kier alpha value is -2.08. The molecule has 0 spiro atoms. The van der Waals surface area contributed by atoms with Gasteiger partial charge in [0.2, 0.25) is 0 Å². The first-order valence-corrected chi connectivity index (χ1v) is 12.5. The summed E-state index contributed by atoms with van der Waals surface area (Å²) in [6.07, 6.45) is 7.22. The Balaban J connectivity index is 1.86. The van der Waals surface area contributed by atoms with E-state index in [0.717, 1.165) is 29.5 Å². The molecule has 182 valence electrons. The van der Waals surface area contributed by atoms with Crippen molar-refractivity contribution in [2.75, 3.05) is 6.54 Å². The second-order valence-electron chi connectivity index (χ2n) is 9.78. The second kappa shape index (κ2) is 10.5. The molecular weight excluding hydrogens is 443 g/mol. The fourth-order valence-electron chi connectivity index (χ4n) is 5.24. The van der Waals surface area contributed by atoms with E-state index in [-0.39, 0.29) is 18.4 Å². The summed E-state index contributed by atoms with van der Waals surface area (Å²) >= 11 is 6.67. The van der Waals surface area contributed by atoms with Crippen LogP contribution in [0.3, 0.4) is 0 Å². The van der Waals surface area contributed by atoms with Gasteiger partial charge in [-0.2, -0.15) is 0 Å². The topological polar surface area (TPSA) is 69.6 Å². The van der Waals surface area contributed by atoms with Gasteiger partial charge in [-0.25, -0.2) is 9.18 Å². The second-order valence-corrected chi connectivity index (χ2v) is 10.2. The van der Waals surface area contributed by atoms with Crippen LogP contribution in [0.15, 0.2) is 30.0 Å². The highest BCUT2D eigenvalue weighted by Crippen LogP contribution is 2.42. The normalized spacial score (nSPS) is 22.4. The molecule has 1 fully saturated rings. The number of hydrogen-bond acceptors (Lipinski definition) is 2. The molecule has 1 aromatic rings. The highest BCUT2D eigenvalue weighted by atomic mass is 35.5. The number of halogens is 2. The molecule has 1 saturated carbocycles. The number of carbonyl (C=O) groups is 2. The molecule has 1 atom stereocenters. The van der Waals surface area contributed by atoms with E-state index in [1.165, 1.54) is 0 Å². The molecule has 2 N–H and O–H groups in total. The minimum Gasteiger partial charge on any atom is -0.481 e. The van der Waals surface area contributed by atoms with Crippen LogP contribution < -0.4 is 5.32 Å². The lowest BCUT2D eigenvalue weighted by molar-refractivity contribution is -0.137. The Morgan fingerprint density at radius 1 is 1.30 bits per heavy atom. The van der Waals surface area contributed by atoms with Crippen LogP contribution in [0.1, 0.15) is 83.3 Å². The van der Waals surface area contributed by atoms with E-state index in [1.54, 1.807) is 4.90 Å². The van der Waals surface area contributed by atoms with Crippen molar-refractivity contribution >= 4 is 23.6 Å². The number of aryl methyl sites for hydroxylation is 1. The summed E-state index contributed by atoms with van der Waals surface area (Å²) in [6.45, 7) is 6.55. The minimum absolute atomic E-state index is 0.0186. The number of alkyl halides is 1. The Morgan fingerprint density at radius 2 is 2.00 bits per heavy atom. The van der Waals surface area contributed by atoms with E-state index in [9.17, 15) is 14.0 Å². The summed E-state index contributed by atoms with van der Waals surface area (Å²) in [5.74, 6) is -0.718. The van der Waals surface area contributed by atoms with Crippen molar-refractivity contribution in [2.24, 2.45) is 5.92 Å². The van der Waals surface area contributed by atoms with Crippen LogP contribution in [0.25, 0.3) is 0 Å². The highest BCUT2D eigenvalue weighted by Gasteiger charge is 2.42. The molecule has 2 aliphatic rings. The van der Waals surface area contributed by atoms with E-state index < -0.39 is 17.2 Å². The van der Waals surface area contributed by atoms with Crippen LogP contribution in [0.5, 0.6) is 0 Å². The smallest absolute Gasteiger partial charge is 0.322 e. The van der Waals surface area contributed by atoms with Gasteiger partial charge < -0.3 is 15.3 Å². The maximum atomic E-state index is 14.8. The maximum Gasteiger partial charge on any atom is 0.322 e. The Morgan fingerprint density at radius 3 is 2.58 bits per heavy atom. The van der Waals surface area contributed by atoms with Gasteiger partial charge in [0.15, 0.2) is 0 Å². The lowest BCUT2D eigenvalue weighted by Gasteiger charge is -2.44. The van der Waals surface area contributed by atoms with Gasteiger partial charge in [0.1, 0.15) is 5.67 Å². The zero-order chi connectivity index (χ0) is 24.2. The number of aliphatic carboxylic acids is 1. The number of benzene rings is 1. The molecule has 0 radical (unpaired) electrons. The van der Waals surface area contributed by atoms with E-state index in [0.29, 0.717) is 50.1 Å². The Bertz CT molecular complexity index is 911. The molecule has 0 aromatic heterocycles. The summed E-state index contributed by atoms with van der Waals surface area (Å²) in [5, 5.41) is 12.7. The van der Waals surface area contributed by atoms with Gasteiger partial charge in [-0.3, -0.25) is 4.79 Å². The zero-order valence-electron chi connectivity index (χ0n) is 19.9. The van der Waals surface area contributed by atoms with Crippen molar-refractivity contribution < 1.29 is 19.1 Å². The molecule has 33 heavy (non-hydrogen) atoms. The van der Waals surface area contributed by atoms with Crippen LogP contribution in [-0.4, -0.2) is 34.2 Å². The third-order valence-corrected chi connectivity index (χ3v) is 7.55. The van der Waals surface area contributed by atoms with Crippen molar-refractivity contribution in [3.05, 3.63) is 46.1 Å². The number of carbonyl (C=O) groups excluding carboxylic acids is 1. The van der Waals surface area contributed by atoms with Crippen LogP contribution in [0, 0.1) is 5.92 Å². The number of hydrogen-bond donors (Lipinski definition) is 2. The maximum absolute atomic E-state index is 14.8. The number of urea groups is 1. The predicted octanol–water partition coefficient (Wildman–Crippen LogP) is 6.59. The van der Waals surface area contributed by atoms with E-state index in [2.05, 4.69) is 19.2 Å². The monoisotopic (exact) mass is 478 g/mol. The van der Waals surface area contributed by atoms with Gasteiger partial charge in [-0.05, 0) is 67.2 Å². The van der Waals surface area contributed by atoms with Gasteiger partial charge in [0.05, 0.1) is 5.54 Å². The van der Waals surface area contributed by atoms with Gasteiger partial charge >= 0.3 is 12.0 Å². The van der Waals surface area contributed by atoms with Crippen molar-refractivity contribution in [1.29, 1.82) is 0 Å². The molecule has 0 saturated heterocycles. The van der Waals surface area contributed by atoms with Gasteiger partial charge in [-0.15, -0.1) is 0 Å². The fraction of sp³-hybridized carbons (Fsp3) is 0.615. The minimum atomic E-state index is -1.07. The van der Waals surface area contributed by atoms with Crippen LogP contribution in [0.4, 0.5) is 9.18 Å². The molecule has 0 unspecified atom stereocenters. The number of amides is 2. The van der Waals surface area contributed by atoms with Gasteiger partial charge in [0, 0.05) is 24.2 Å². The summed E-state index contributed by atoms with van der Waals surface area (Å²) in [4.78, 5) is 25.4. The van der Waals surface area contributed by atoms with Crippen LogP contribution in [-0.2, 0) is 16.8 Å². The number of carboxylic acid groups (broad SMARTS) is 1. The van der Waals surface area contributed by atoms with Crippen LogP contribution >= 0.6 is 11.6 Å². The molecule has 5 nitrogen and oxygen atoms in total. The summed E-state index contributed by atoms with van der Waals surface area (Å²) in [6, 6.07) is 5.64. The summed E-state index contributed by atoms with van der Waals surface area (Å²) in [5.41, 5.74) is 1.14. The largest absolute Gasteiger partial charge is 0.481 e. The lowest BCUT2D eigenvalue weighted by Crippen LogP contribution is -2.56. The molecule has 1 aliphatic carbocycles. The SMILES string of the molecule is CC[C@@]1(c2ccc(CCC3(F)CCCC3)c(Cl)c2)NC(=O)N(CCCC(=O)O)C=C1C(C)C. The van der Waals surface area contributed by atoms with E-state index in [1.807, 2.05) is 31.3 Å². The summed E-state index contributed by atoms with van der Waals surface area (Å²) in [7, 11) is 0.